The van der Waals surface area contributed by atoms with E-state index in [0.717, 1.165) is 18.9 Å². The molecule has 40 heavy (non-hydrogen) atoms. The van der Waals surface area contributed by atoms with Gasteiger partial charge in [-0.25, -0.2) is 4.98 Å². The van der Waals surface area contributed by atoms with E-state index in [-0.39, 0.29) is 46.9 Å². The van der Waals surface area contributed by atoms with Gasteiger partial charge in [-0.1, -0.05) is 6.07 Å². The number of carbonyl (C=O) groups is 2. The van der Waals surface area contributed by atoms with Crippen molar-refractivity contribution in [3.63, 3.8) is 0 Å². The Balaban J connectivity index is 1.37. The molecule has 4 atom stereocenters. The molecule has 0 aromatic carbocycles. The number of aromatic amines is 1. The van der Waals surface area contributed by atoms with E-state index in [9.17, 15) is 27.9 Å². The zero-order valence-corrected chi connectivity index (χ0v) is 21.1. The Kier molecular flexibility index (Phi) is 6.05. The van der Waals surface area contributed by atoms with Crippen molar-refractivity contribution in [3.8, 4) is 11.1 Å². The summed E-state index contributed by atoms with van der Waals surface area (Å²) in [5, 5.41) is 21.3. The summed E-state index contributed by atoms with van der Waals surface area (Å²) < 4.78 is 40.0. The first kappa shape index (κ1) is 25.9. The predicted molar refractivity (Wildman–Crippen MR) is 133 cm³/mol. The van der Waals surface area contributed by atoms with Crippen LogP contribution < -0.4 is 5.73 Å². The van der Waals surface area contributed by atoms with E-state index in [0.29, 0.717) is 35.3 Å². The Morgan fingerprint density at radius 2 is 1.90 bits per heavy atom. The molecule has 0 aliphatic carbocycles. The molecular formula is C25H24F3N9O3. The van der Waals surface area contributed by atoms with Gasteiger partial charge >= 0.3 is 6.18 Å². The summed E-state index contributed by atoms with van der Waals surface area (Å²) in [7, 11) is 0. The van der Waals surface area contributed by atoms with Crippen LogP contribution in [0.4, 0.5) is 19.0 Å². The number of H-pyrrole nitrogens is 1. The Bertz CT molecular complexity index is 1590. The third kappa shape index (κ3) is 4.16. The monoisotopic (exact) mass is 555 g/mol. The summed E-state index contributed by atoms with van der Waals surface area (Å²) in [5.74, 6) is -0.396. The molecule has 12 nitrogen and oxygen atoms in total. The van der Waals surface area contributed by atoms with E-state index < -0.39 is 18.0 Å². The largest absolute Gasteiger partial charge is 0.420 e. The Labute approximate surface area is 224 Å². The van der Waals surface area contributed by atoms with E-state index in [1.54, 1.807) is 0 Å². The molecule has 0 spiro atoms. The van der Waals surface area contributed by atoms with E-state index in [2.05, 4.69) is 25.3 Å². The molecule has 0 radical (unpaired) electrons. The smallest absolute Gasteiger partial charge is 0.383 e. The number of nitrogens with two attached hydrogens (primary N) is 1. The summed E-state index contributed by atoms with van der Waals surface area (Å²) in [5.41, 5.74) is 7.83. The first-order valence-electron chi connectivity index (χ1n) is 12.6. The van der Waals surface area contributed by atoms with E-state index in [4.69, 9.17) is 10.7 Å². The molecule has 6 rings (SSSR count). The van der Waals surface area contributed by atoms with Crippen LogP contribution in [0.5, 0.6) is 0 Å². The predicted octanol–water partition coefficient (Wildman–Crippen LogP) is 2.84. The lowest BCUT2D eigenvalue weighted by Crippen LogP contribution is -2.46. The second-order valence-electron chi connectivity index (χ2n) is 10.1. The normalized spacial score (nSPS) is 21.6. The number of halogens is 3. The quantitative estimate of drug-likeness (QED) is 0.314. The van der Waals surface area contributed by atoms with Gasteiger partial charge in [-0.05, 0) is 38.7 Å². The zero-order chi connectivity index (χ0) is 28.3. The van der Waals surface area contributed by atoms with Crippen LogP contribution in [0.15, 0.2) is 30.9 Å². The summed E-state index contributed by atoms with van der Waals surface area (Å²) in [4.78, 5) is 39.1. The number of carbonyl (C=O) groups excluding carboxylic acids is 2. The number of hydrogen-bond acceptors (Lipinski definition) is 9. The second kappa shape index (κ2) is 9.36. The van der Waals surface area contributed by atoms with E-state index in [1.165, 1.54) is 36.2 Å². The summed E-state index contributed by atoms with van der Waals surface area (Å²) in [6, 6.07) is 2.31. The number of alkyl halides is 3. The van der Waals surface area contributed by atoms with Crippen molar-refractivity contribution < 1.29 is 27.9 Å². The van der Waals surface area contributed by atoms with Crippen molar-refractivity contribution in [1.82, 2.24) is 39.7 Å². The zero-order valence-electron chi connectivity index (χ0n) is 21.1. The van der Waals surface area contributed by atoms with Gasteiger partial charge in [0.1, 0.15) is 12.1 Å². The highest BCUT2D eigenvalue weighted by molar-refractivity contribution is 6.00. The Morgan fingerprint density at radius 1 is 1.18 bits per heavy atom. The molecular weight excluding hydrogens is 531 g/mol. The molecule has 2 fully saturated rings. The number of amides is 1. The van der Waals surface area contributed by atoms with Crippen molar-refractivity contribution in [2.45, 2.75) is 62.9 Å². The first-order chi connectivity index (χ1) is 19.0. The lowest BCUT2D eigenvalue weighted by atomic mass is 9.85. The van der Waals surface area contributed by atoms with E-state index >= 15 is 0 Å². The third-order valence-electron chi connectivity index (χ3n) is 7.72. The minimum Gasteiger partial charge on any atom is -0.383 e. The fraction of sp³-hybridized carbons (Fsp3) is 0.400. The van der Waals surface area contributed by atoms with Crippen LogP contribution in [0, 0.1) is 0 Å². The van der Waals surface area contributed by atoms with Crippen LogP contribution in [0.25, 0.3) is 16.8 Å². The molecule has 4 N–H and O–H groups in total. The third-order valence-corrected chi connectivity index (χ3v) is 7.72. The number of nitrogens with zero attached hydrogens (tertiary/aromatic N) is 7. The number of pyridine rings is 1. The average Bonchev–Trinajstić information content (AvgIpc) is 3.65. The maximum absolute atomic E-state index is 13.1. The highest BCUT2D eigenvalue weighted by Gasteiger charge is 2.46. The molecule has 4 aromatic rings. The van der Waals surface area contributed by atoms with Gasteiger partial charge in [-0.3, -0.25) is 14.6 Å². The number of nitrogens with one attached hydrogen (secondary N) is 1. The SMILES string of the molecule is CC(=O)c1c(C2C[C@H]3CC[C@@H](C2)N3C(=O)c2nnc[nH]2)nc2c(-c3ccc(C(O)C(F)(F)F)nc3)cnn2c1N. The van der Waals surface area contributed by atoms with E-state index in [1.807, 2.05) is 4.90 Å². The number of hydrogen-bond donors (Lipinski definition) is 3. The molecule has 2 aliphatic rings. The number of piperidine rings is 1. The van der Waals surface area contributed by atoms with Gasteiger partial charge < -0.3 is 20.7 Å². The number of Topliss-reactive ketones (excluding diaryl/α,β-unsaturated/α-hetero) is 1. The first-order valence-corrected chi connectivity index (χ1v) is 12.6. The lowest BCUT2D eigenvalue weighted by Gasteiger charge is -2.38. The molecule has 6 heterocycles. The van der Waals surface area contributed by atoms with Crippen molar-refractivity contribution in [1.29, 1.82) is 0 Å². The standard InChI is InChI=1S/C25H24F3N9O3/c1-11(38)18-19(13-6-14-3-4-15(7-13)36(14)24(40)22-31-10-32-35-22)34-23-16(9-33-37(23)21(18)29)12-2-5-17(30-8-12)20(39)25(26,27)28/h2,5,8-10,13-15,20,39H,3-4,6-7,29H2,1H3,(H,31,32,35)/t13?,14-,15+,20?. The van der Waals surface area contributed by atoms with Crippen LogP contribution in [0.2, 0.25) is 0 Å². The minimum absolute atomic E-state index is 0.0819. The minimum atomic E-state index is -4.85. The summed E-state index contributed by atoms with van der Waals surface area (Å²) in [6.07, 6.45) is -0.822. The van der Waals surface area contributed by atoms with Crippen molar-refractivity contribution in [3.05, 3.63) is 53.6 Å². The maximum Gasteiger partial charge on any atom is 0.420 e. The van der Waals surface area contributed by atoms with Gasteiger partial charge in [0.15, 0.2) is 17.5 Å². The van der Waals surface area contributed by atoms with Gasteiger partial charge in [-0.15, -0.1) is 10.2 Å². The average molecular weight is 556 g/mol. The van der Waals surface area contributed by atoms with Crippen LogP contribution in [-0.4, -0.2) is 74.7 Å². The number of aliphatic hydroxyl groups is 1. The molecule has 2 bridgehead atoms. The van der Waals surface area contributed by atoms with Crippen LogP contribution >= 0.6 is 0 Å². The molecule has 2 unspecified atom stereocenters. The molecule has 208 valence electrons. The molecule has 0 saturated carbocycles. The summed E-state index contributed by atoms with van der Waals surface area (Å²) >= 11 is 0. The molecule has 1 amide bonds. The van der Waals surface area contributed by atoms with Gasteiger partial charge in [0, 0.05) is 35.3 Å². The highest BCUT2D eigenvalue weighted by atomic mass is 19.4. The van der Waals surface area contributed by atoms with Gasteiger partial charge in [0.25, 0.3) is 5.91 Å². The lowest BCUT2D eigenvalue weighted by molar-refractivity contribution is -0.207. The number of aromatic nitrogens is 7. The van der Waals surface area contributed by atoms with Gasteiger partial charge in [0.05, 0.1) is 23.1 Å². The number of aliphatic hydroxyl groups excluding tert-OH is 1. The van der Waals surface area contributed by atoms with Crippen molar-refractivity contribution in [2.24, 2.45) is 0 Å². The van der Waals surface area contributed by atoms with Crippen LogP contribution in [0.3, 0.4) is 0 Å². The number of fused-ring (bicyclic) bond motifs is 3. The Hall–Kier alpha value is -4.40. The second-order valence-corrected chi connectivity index (χ2v) is 10.1. The van der Waals surface area contributed by atoms with Gasteiger partial charge in [0.2, 0.25) is 5.82 Å². The summed E-state index contributed by atoms with van der Waals surface area (Å²) in [6.45, 7) is 1.40. The fourth-order valence-corrected chi connectivity index (χ4v) is 5.95. The fourth-order valence-electron chi connectivity index (χ4n) is 5.95. The highest BCUT2D eigenvalue weighted by Crippen LogP contribution is 2.45. The number of nitrogen functional groups attached to an aromatic ring is 1. The number of ketones is 1. The number of rotatable bonds is 5. The molecule has 4 aromatic heterocycles. The molecule has 2 saturated heterocycles. The van der Waals surface area contributed by atoms with Gasteiger partial charge in [-0.2, -0.15) is 22.8 Å². The molecule has 15 heteroatoms. The van der Waals surface area contributed by atoms with Crippen LogP contribution in [0.1, 0.15) is 77.0 Å². The molecule has 2 aliphatic heterocycles. The topological polar surface area (TPSA) is 168 Å². The van der Waals surface area contributed by atoms with Crippen molar-refractivity contribution in [2.75, 3.05) is 5.73 Å². The maximum atomic E-state index is 13.1. The Morgan fingerprint density at radius 3 is 2.48 bits per heavy atom. The van der Waals surface area contributed by atoms with Crippen LogP contribution in [-0.2, 0) is 0 Å². The van der Waals surface area contributed by atoms with Crippen molar-refractivity contribution >= 4 is 23.2 Å². The number of anilines is 1.